The average molecular weight is 406 g/mol. The van der Waals surface area contributed by atoms with Crippen LogP contribution in [0.25, 0.3) is 17.0 Å². The van der Waals surface area contributed by atoms with Gasteiger partial charge in [0.25, 0.3) is 0 Å². The normalized spacial score (nSPS) is 20.0. The minimum atomic E-state index is -4.43. The second-order valence-corrected chi connectivity index (χ2v) is 7.13. The Morgan fingerprint density at radius 1 is 1.28 bits per heavy atom. The molecule has 4 rings (SSSR count). The van der Waals surface area contributed by atoms with E-state index in [0.29, 0.717) is 29.1 Å². The Kier molecular flexibility index (Phi) is 5.27. The number of aromatic nitrogens is 4. The molecular weight excluding hydrogens is 385 g/mol. The molecule has 2 N–H and O–H groups in total. The van der Waals surface area contributed by atoms with E-state index in [0.717, 1.165) is 25.2 Å². The number of rotatable bonds is 5. The second-order valence-electron chi connectivity index (χ2n) is 7.13. The second kappa shape index (κ2) is 7.86. The number of nitrogens with one attached hydrogen (secondary N) is 2. The van der Waals surface area contributed by atoms with Crippen molar-refractivity contribution in [2.45, 2.75) is 38.0 Å². The quantitative estimate of drug-likeness (QED) is 0.677. The number of piperidine rings is 1. The predicted molar refractivity (Wildman–Crippen MR) is 102 cm³/mol. The SMILES string of the molecule is CC1CC(Nc2cccc(-c3cnc4cnc(OCC(F)(F)F)cn34)n2)CCN1. The molecule has 3 aromatic rings. The average Bonchev–Trinajstić information content (AvgIpc) is 3.09. The van der Waals surface area contributed by atoms with Gasteiger partial charge in [0.05, 0.1) is 30.0 Å². The molecule has 0 saturated carbocycles. The minimum Gasteiger partial charge on any atom is -0.467 e. The molecule has 3 aromatic heterocycles. The van der Waals surface area contributed by atoms with Gasteiger partial charge in [0.2, 0.25) is 5.88 Å². The molecule has 1 aliphatic heterocycles. The summed E-state index contributed by atoms with van der Waals surface area (Å²) in [5.74, 6) is 0.617. The number of fused-ring (bicyclic) bond motifs is 1. The van der Waals surface area contributed by atoms with E-state index in [2.05, 4.69) is 32.5 Å². The smallest absolute Gasteiger partial charge is 0.422 e. The Balaban J connectivity index is 1.57. The molecule has 2 unspecified atom stereocenters. The predicted octanol–water partition coefficient (Wildman–Crippen LogP) is 3.28. The topological polar surface area (TPSA) is 76.4 Å². The first-order valence-electron chi connectivity index (χ1n) is 9.37. The number of hydrogen-bond acceptors (Lipinski definition) is 6. The van der Waals surface area contributed by atoms with Gasteiger partial charge >= 0.3 is 6.18 Å². The van der Waals surface area contributed by atoms with Crippen LogP contribution in [0.5, 0.6) is 5.88 Å². The van der Waals surface area contributed by atoms with E-state index in [-0.39, 0.29) is 5.88 Å². The van der Waals surface area contributed by atoms with Crippen LogP contribution in [0.3, 0.4) is 0 Å². The molecule has 7 nitrogen and oxygen atoms in total. The molecule has 0 spiro atoms. The van der Waals surface area contributed by atoms with Gasteiger partial charge in [0, 0.05) is 12.1 Å². The van der Waals surface area contributed by atoms with Crippen molar-refractivity contribution in [2.24, 2.45) is 0 Å². The van der Waals surface area contributed by atoms with E-state index in [1.807, 2.05) is 18.2 Å². The summed E-state index contributed by atoms with van der Waals surface area (Å²) in [6.07, 6.45) is 1.96. The summed E-state index contributed by atoms with van der Waals surface area (Å²) in [5.41, 5.74) is 1.78. The number of imidazole rings is 1. The van der Waals surface area contributed by atoms with Crippen LogP contribution in [0.4, 0.5) is 19.0 Å². The summed E-state index contributed by atoms with van der Waals surface area (Å²) in [7, 11) is 0. The third-order valence-electron chi connectivity index (χ3n) is 4.74. The van der Waals surface area contributed by atoms with E-state index in [4.69, 9.17) is 4.74 Å². The lowest BCUT2D eigenvalue weighted by Gasteiger charge is -2.29. The molecule has 29 heavy (non-hydrogen) atoms. The molecule has 0 amide bonds. The Hall–Kier alpha value is -2.88. The van der Waals surface area contributed by atoms with Crippen molar-refractivity contribution < 1.29 is 17.9 Å². The van der Waals surface area contributed by atoms with Crippen molar-refractivity contribution >= 4 is 11.5 Å². The third kappa shape index (κ3) is 4.76. The van der Waals surface area contributed by atoms with Crippen LogP contribution in [-0.4, -0.2) is 50.8 Å². The first-order valence-corrected chi connectivity index (χ1v) is 9.37. The molecule has 2 atom stereocenters. The van der Waals surface area contributed by atoms with Gasteiger partial charge in [0.15, 0.2) is 12.3 Å². The van der Waals surface area contributed by atoms with Gasteiger partial charge in [0.1, 0.15) is 5.82 Å². The van der Waals surface area contributed by atoms with Crippen molar-refractivity contribution in [3.05, 3.63) is 36.8 Å². The molecule has 1 aliphatic rings. The highest BCUT2D eigenvalue weighted by Gasteiger charge is 2.28. The van der Waals surface area contributed by atoms with E-state index >= 15 is 0 Å². The molecule has 4 heterocycles. The van der Waals surface area contributed by atoms with Crippen LogP contribution < -0.4 is 15.4 Å². The van der Waals surface area contributed by atoms with Gasteiger partial charge in [-0.25, -0.2) is 15.0 Å². The van der Waals surface area contributed by atoms with E-state index in [9.17, 15) is 13.2 Å². The molecular formula is C19H21F3N6O. The Bertz CT molecular complexity index is 989. The highest BCUT2D eigenvalue weighted by Crippen LogP contribution is 2.24. The Labute approximate surface area is 165 Å². The number of nitrogens with zero attached hydrogens (tertiary/aromatic N) is 4. The van der Waals surface area contributed by atoms with Gasteiger partial charge in [-0.05, 0) is 38.4 Å². The zero-order chi connectivity index (χ0) is 20.4. The van der Waals surface area contributed by atoms with Gasteiger partial charge < -0.3 is 15.4 Å². The third-order valence-corrected chi connectivity index (χ3v) is 4.74. The summed E-state index contributed by atoms with van der Waals surface area (Å²) in [6, 6.07) is 6.40. The molecule has 0 aromatic carbocycles. The number of pyridine rings is 1. The van der Waals surface area contributed by atoms with Crippen molar-refractivity contribution in [1.82, 2.24) is 24.7 Å². The molecule has 0 aliphatic carbocycles. The highest BCUT2D eigenvalue weighted by atomic mass is 19.4. The number of alkyl halides is 3. The van der Waals surface area contributed by atoms with Crippen LogP contribution in [0.15, 0.2) is 36.8 Å². The fraction of sp³-hybridized carbons (Fsp3) is 0.421. The van der Waals surface area contributed by atoms with Gasteiger partial charge in [-0.2, -0.15) is 13.2 Å². The van der Waals surface area contributed by atoms with Crippen LogP contribution >= 0.6 is 0 Å². The van der Waals surface area contributed by atoms with Gasteiger partial charge in [-0.15, -0.1) is 0 Å². The van der Waals surface area contributed by atoms with Crippen molar-refractivity contribution in [2.75, 3.05) is 18.5 Å². The lowest BCUT2D eigenvalue weighted by Crippen LogP contribution is -2.41. The molecule has 0 bridgehead atoms. The van der Waals surface area contributed by atoms with Crippen molar-refractivity contribution in [3.63, 3.8) is 0 Å². The summed E-state index contributed by atoms with van der Waals surface area (Å²) >= 11 is 0. The molecule has 154 valence electrons. The standard InChI is InChI=1S/C19H21F3N6O/c1-12-7-13(5-6-23-12)26-16-4-2-3-14(27-16)15-8-24-17-9-25-18(10-28(15)17)29-11-19(20,21)22/h2-4,8-10,12-13,23H,5-7,11H2,1H3,(H,26,27). The maximum Gasteiger partial charge on any atom is 0.422 e. The monoisotopic (exact) mass is 406 g/mol. The maximum atomic E-state index is 12.4. The summed E-state index contributed by atoms with van der Waals surface area (Å²) in [4.78, 5) is 12.8. The van der Waals surface area contributed by atoms with Crippen LogP contribution in [-0.2, 0) is 0 Å². The summed E-state index contributed by atoms with van der Waals surface area (Å²) in [6.45, 7) is 1.71. The van der Waals surface area contributed by atoms with Crippen LogP contribution in [0, 0.1) is 0 Å². The van der Waals surface area contributed by atoms with E-state index in [1.165, 1.54) is 12.4 Å². The van der Waals surface area contributed by atoms with E-state index in [1.54, 1.807) is 10.6 Å². The number of ether oxygens (including phenoxy) is 1. The van der Waals surface area contributed by atoms with Crippen molar-refractivity contribution in [3.8, 4) is 17.3 Å². The Morgan fingerprint density at radius 2 is 2.14 bits per heavy atom. The highest BCUT2D eigenvalue weighted by molar-refractivity contribution is 5.61. The fourth-order valence-corrected chi connectivity index (χ4v) is 3.42. The fourth-order valence-electron chi connectivity index (χ4n) is 3.42. The first-order chi connectivity index (χ1) is 13.9. The maximum absolute atomic E-state index is 12.4. The lowest BCUT2D eigenvalue weighted by molar-refractivity contribution is -0.154. The van der Waals surface area contributed by atoms with Gasteiger partial charge in [-0.3, -0.25) is 4.40 Å². The van der Waals surface area contributed by atoms with Crippen LogP contribution in [0.1, 0.15) is 19.8 Å². The molecule has 1 saturated heterocycles. The lowest BCUT2D eigenvalue weighted by atomic mass is 10.0. The van der Waals surface area contributed by atoms with Gasteiger partial charge in [-0.1, -0.05) is 6.07 Å². The number of hydrogen-bond donors (Lipinski definition) is 2. The summed E-state index contributed by atoms with van der Waals surface area (Å²) < 4.78 is 43.6. The minimum absolute atomic E-state index is 0.132. The zero-order valence-corrected chi connectivity index (χ0v) is 15.8. The van der Waals surface area contributed by atoms with E-state index < -0.39 is 12.8 Å². The van der Waals surface area contributed by atoms with Crippen molar-refractivity contribution in [1.29, 1.82) is 0 Å². The Morgan fingerprint density at radius 3 is 2.93 bits per heavy atom. The summed E-state index contributed by atoms with van der Waals surface area (Å²) in [5, 5.41) is 6.88. The first kappa shape index (κ1) is 19.4. The zero-order valence-electron chi connectivity index (χ0n) is 15.8. The molecule has 0 radical (unpaired) electrons. The molecule has 10 heteroatoms. The molecule has 1 fully saturated rings. The largest absolute Gasteiger partial charge is 0.467 e. The number of halogens is 3. The van der Waals surface area contributed by atoms with Crippen LogP contribution in [0.2, 0.25) is 0 Å². The number of anilines is 1.